The molecule has 0 aliphatic carbocycles. The van der Waals surface area contributed by atoms with Crippen LogP contribution in [0.25, 0.3) is 11.3 Å². The lowest BCUT2D eigenvalue weighted by molar-refractivity contribution is -0.136. The van der Waals surface area contributed by atoms with Gasteiger partial charge >= 0.3 is 0 Å². The highest BCUT2D eigenvalue weighted by Gasteiger charge is 2.30. The largest absolute Gasteiger partial charge is 0.382 e. The number of halogens is 1. The van der Waals surface area contributed by atoms with E-state index in [1.807, 2.05) is 43.3 Å². The highest BCUT2D eigenvalue weighted by Crippen LogP contribution is 2.27. The van der Waals surface area contributed by atoms with Gasteiger partial charge in [0, 0.05) is 44.1 Å². The molecule has 2 atom stereocenters. The minimum atomic E-state index is -1.62. The molecule has 1 fully saturated rings. The SMILES string of the molecule is Cc1cc(F)ccc1N1CCC(CNC(=O)[C@H](O)[C@@H](O)c2nc(-c3ccccc3)cn2C)CC1. The summed E-state index contributed by atoms with van der Waals surface area (Å²) in [5.41, 5.74) is 3.49. The number of aryl methyl sites for hydroxylation is 2. The summed E-state index contributed by atoms with van der Waals surface area (Å²) in [6, 6.07) is 14.3. The molecule has 2 heterocycles. The molecular formula is C26H31FN4O3. The number of hydrogen-bond acceptors (Lipinski definition) is 5. The maximum Gasteiger partial charge on any atom is 0.252 e. The zero-order valence-corrected chi connectivity index (χ0v) is 19.5. The Hall–Kier alpha value is -3.23. The van der Waals surface area contributed by atoms with E-state index in [1.165, 1.54) is 6.07 Å². The van der Waals surface area contributed by atoms with Crippen LogP contribution in [0.2, 0.25) is 0 Å². The maximum absolute atomic E-state index is 13.4. The average Bonchev–Trinajstić information content (AvgIpc) is 3.24. The first-order chi connectivity index (χ1) is 16.3. The number of amides is 1. The predicted molar refractivity (Wildman–Crippen MR) is 129 cm³/mol. The third kappa shape index (κ3) is 5.29. The molecular weight excluding hydrogens is 435 g/mol. The van der Waals surface area contributed by atoms with E-state index in [2.05, 4.69) is 15.2 Å². The van der Waals surface area contributed by atoms with Gasteiger partial charge in [-0.05, 0) is 49.4 Å². The Morgan fingerprint density at radius 2 is 1.88 bits per heavy atom. The molecule has 0 radical (unpaired) electrons. The first kappa shape index (κ1) is 23.9. The number of aromatic nitrogens is 2. The summed E-state index contributed by atoms with van der Waals surface area (Å²) in [6.45, 7) is 3.96. The van der Waals surface area contributed by atoms with Gasteiger partial charge < -0.3 is 25.0 Å². The normalized spacial score (nSPS) is 16.3. The van der Waals surface area contributed by atoms with Gasteiger partial charge in [-0.1, -0.05) is 30.3 Å². The molecule has 0 unspecified atom stereocenters. The van der Waals surface area contributed by atoms with Crippen LogP contribution in [0.5, 0.6) is 0 Å². The van der Waals surface area contributed by atoms with Crippen LogP contribution in [0.15, 0.2) is 54.7 Å². The van der Waals surface area contributed by atoms with Gasteiger partial charge in [-0.15, -0.1) is 0 Å². The number of rotatable bonds is 7. The number of carbonyl (C=O) groups excluding carboxylic acids is 1. The van der Waals surface area contributed by atoms with Crippen molar-refractivity contribution in [3.63, 3.8) is 0 Å². The topological polar surface area (TPSA) is 90.6 Å². The fraction of sp³-hybridized carbons (Fsp3) is 0.385. The van der Waals surface area contributed by atoms with Gasteiger partial charge in [0.25, 0.3) is 5.91 Å². The van der Waals surface area contributed by atoms with Crippen LogP contribution in [-0.2, 0) is 11.8 Å². The van der Waals surface area contributed by atoms with E-state index in [0.29, 0.717) is 12.2 Å². The van der Waals surface area contributed by atoms with Crippen molar-refractivity contribution in [2.45, 2.75) is 32.0 Å². The van der Waals surface area contributed by atoms with Crippen molar-refractivity contribution in [3.05, 3.63) is 71.9 Å². The number of imidazole rings is 1. The predicted octanol–water partition coefficient (Wildman–Crippen LogP) is 2.96. The third-order valence-corrected chi connectivity index (χ3v) is 6.49. The second-order valence-electron chi connectivity index (χ2n) is 8.96. The van der Waals surface area contributed by atoms with Gasteiger partial charge in [-0.25, -0.2) is 9.37 Å². The molecule has 0 spiro atoms. The lowest BCUT2D eigenvalue weighted by atomic mass is 9.95. The molecule has 4 rings (SSSR count). The number of piperidine rings is 1. The Morgan fingerprint density at radius 3 is 2.56 bits per heavy atom. The molecule has 1 saturated heterocycles. The second kappa shape index (κ2) is 10.4. The molecule has 3 aromatic rings. The number of anilines is 1. The number of aliphatic hydroxyl groups excluding tert-OH is 2. The zero-order chi connectivity index (χ0) is 24.2. The number of hydrogen-bond donors (Lipinski definition) is 3. The number of carbonyl (C=O) groups is 1. The van der Waals surface area contributed by atoms with Crippen LogP contribution >= 0.6 is 0 Å². The van der Waals surface area contributed by atoms with Crippen LogP contribution in [0.4, 0.5) is 10.1 Å². The molecule has 0 bridgehead atoms. The van der Waals surface area contributed by atoms with Crippen LogP contribution in [0.1, 0.15) is 30.3 Å². The molecule has 3 N–H and O–H groups in total. The number of benzene rings is 2. The summed E-state index contributed by atoms with van der Waals surface area (Å²) in [7, 11) is 1.72. The van der Waals surface area contributed by atoms with Gasteiger partial charge in [0.05, 0.1) is 5.69 Å². The minimum absolute atomic E-state index is 0.226. The lowest BCUT2D eigenvalue weighted by Gasteiger charge is -2.34. The summed E-state index contributed by atoms with van der Waals surface area (Å²) in [5.74, 6) is -0.359. The van der Waals surface area contributed by atoms with E-state index in [9.17, 15) is 19.4 Å². The van der Waals surface area contributed by atoms with E-state index in [-0.39, 0.29) is 17.6 Å². The van der Waals surface area contributed by atoms with Crippen molar-refractivity contribution >= 4 is 11.6 Å². The number of nitrogens with zero attached hydrogens (tertiary/aromatic N) is 3. The van der Waals surface area contributed by atoms with E-state index in [4.69, 9.17) is 0 Å². The Balaban J connectivity index is 1.29. The number of aliphatic hydroxyl groups is 2. The van der Waals surface area contributed by atoms with Crippen molar-refractivity contribution in [2.24, 2.45) is 13.0 Å². The highest BCUT2D eigenvalue weighted by molar-refractivity contribution is 5.81. The highest BCUT2D eigenvalue weighted by atomic mass is 19.1. The molecule has 180 valence electrons. The van der Waals surface area contributed by atoms with Crippen molar-refractivity contribution in [3.8, 4) is 11.3 Å². The lowest BCUT2D eigenvalue weighted by Crippen LogP contribution is -2.43. The van der Waals surface area contributed by atoms with Crippen molar-refractivity contribution in [1.29, 1.82) is 0 Å². The summed E-state index contributed by atoms with van der Waals surface area (Å²) >= 11 is 0. The Kier molecular flexibility index (Phi) is 7.29. The summed E-state index contributed by atoms with van der Waals surface area (Å²) < 4.78 is 15.0. The number of nitrogens with one attached hydrogen (secondary N) is 1. The molecule has 8 heteroatoms. The van der Waals surface area contributed by atoms with E-state index in [0.717, 1.165) is 42.7 Å². The molecule has 1 amide bonds. The molecule has 2 aromatic carbocycles. The maximum atomic E-state index is 13.4. The molecule has 1 aromatic heterocycles. The van der Waals surface area contributed by atoms with Crippen LogP contribution in [-0.4, -0.2) is 51.4 Å². The van der Waals surface area contributed by atoms with E-state index < -0.39 is 18.1 Å². The van der Waals surface area contributed by atoms with Gasteiger partial charge in [-0.2, -0.15) is 0 Å². The molecule has 0 saturated carbocycles. The first-order valence-corrected chi connectivity index (χ1v) is 11.6. The van der Waals surface area contributed by atoms with Crippen molar-refractivity contribution in [1.82, 2.24) is 14.9 Å². The average molecular weight is 467 g/mol. The molecule has 1 aliphatic heterocycles. The third-order valence-electron chi connectivity index (χ3n) is 6.49. The second-order valence-corrected chi connectivity index (χ2v) is 8.96. The standard InChI is InChI=1S/C26H31FN4O3/c1-17-14-20(27)8-9-22(17)31-12-10-18(11-13-31)15-28-26(34)24(33)23(32)25-29-21(16-30(25)2)19-6-4-3-5-7-19/h3-9,14,16,18,23-24,32-33H,10-13,15H2,1-2H3,(H,28,34)/t23-,24-/m1/s1. The van der Waals surface area contributed by atoms with Gasteiger partial charge in [0.15, 0.2) is 6.10 Å². The fourth-order valence-corrected chi connectivity index (χ4v) is 4.49. The Bertz CT molecular complexity index is 1130. The summed E-state index contributed by atoms with van der Waals surface area (Å²) in [6.07, 6.45) is 0.442. The van der Waals surface area contributed by atoms with Gasteiger partial charge in [-0.3, -0.25) is 4.79 Å². The first-order valence-electron chi connectivity index (χ1n) is 11.6. The fourth-order valence-electron chi connectivity index (χ4n) is 4.49. The minimum Gasteiger partial charge on any atom is -0.382 e. The van der Waals surface area contributed by atoms with Crippen molar-refractivity contribution in [2.75, 3.05) is 24.5 Å². The zero-order valence-electron chi connectivity index (χ0n) is 19.5. The molecule has 1 aliphatic rings. The summed E-state index contributed by atoms with van der Waals surface area (Å²) in [5, 5.41) is 23.9. The van der Waals surface area contributed by atoms with Crippen LogP contribution in [0, 0.1) is 18.7 Å². The van der Waals surface area contributed by atoms with Crippen LogP contribution in [0.3, 0.4) is 0 Å². The quantitative estimate of drug-likeness (QED) is 0.498. The van der Waals surface area contributed by atoms with Crippen molar-refractivity contribution < 1.29 is 19.4 Å². The van der Waals surface area contributed by atoms with E-state index in [1.54, 1.807) is 23.9 Å². The summed E-state index contributed by atoms with van der Waals surface area (Å²) in [4.78, 5) is 19.2. The Morgan fingerprint density at radius 1 is 1.18 bits per heavy atom. The van der Waals surface area contributed by atoms with E-state index >= 15 is 0 Å². The molecule has 7 nitrogen and oxygen atoms in total. The van der Waals surface area contributed by atoms with Gasteiger partial charge in [0.1, 0.15) is 17.7 Å². The Labute approximate surface area is 198 Å². The van der Waals surface area contributed by atoms with Gasteiger partial charge in [0.2, 0.25) is 0 Å². The smallest absolute Gasteiger partial charge is 0.252 e. The van der Waals surface area contributed by atoms with Crippen LogP contribution < -0.4 is 10.2 Å². The monoisotopic (exact) mass is 466 g/mol. The molecule has 34 heavy (non-hydrogen) atoms.